The van der Waals surface area contributed by atoms with Crippen LogP contribution in [-0.2, 0) is 0 Å². The second-order valence-corrected chi connectivity index (χ2v) is 7.75. The molecule has 0 bridgehead atoms. The van der Waals surface area contributed by atoms with Gasteiger partial charge in [-0.3, -0.25) is 4.79 Å². The van der Waals surface area contributed by atoms with Gasteiger partial charge in [0, 0.05) is 17.5 Å². The Balaban J connectivity index is 1.43. The van der Waals surface area contributed by atoms with Crippen molar-refractivity contribution in [3.05, 3.63) is 65.7 Å². The molecule has 1 aromatic heterocycles. The maximum absolute atomic E-state index is 13.1. The number of fused-ring (bicyclic) bond motifs is 2. The zero-order valence-electron chi connectivity index (χ0n) is 16.8. The molecule has 2 aliphatic rings. The molecule has 0 unspecified atom stereocenters. The fourth-order valence-corrected chi connectivity index (χ4v) is 4.13. The fourth-order valence-electron chi connectivity index (χ4n) is 4.13. The number of hydrogen-bond donors (Lipinski definition) is 1. The molecule has 2 aromatic carbocycles. The standard InChI is InChI=1S/C25H24N2O3/c28-25(26-13-12-17-6-2-1-3-7-17)20-15-22(27-21-9-5-4-8-19(20)21)18-10-11-23-24(14-18)30-16-29-23/h4-6,8-11,14-15H,1-3,7,12-13,16H2,(H,26,28). The topological polar surface area (TPSA) is 60.5 Å². The van der Waals surface area contributed by atoms with Gasteiger partial charge in [0.1, 0.15) is 0 Å². The highest BCUT2D eigenvalue weighted by Crippen LogP contribution is 2.36. The molecule has 1 amide bonds. The molecule has 0 saturated carbocycles. The SMILES string of the molecule is O=C(NCCC1=CCCCC1)c1cc(-c2ccc3c(c2)OCO3)nc2ccccc12. The van der Waals surface area contributed by atoms with Crippen LogP contribution in [0.2, 0.25) is 0 Å². The van der Waals surface area contributed by atoms with Crippen molar-refractivity contribution in [1.82, 2.24) is 10.3 Å². The summed E-state index contributed by atoms with van der Waals surface area (Å²) >= 11 is 0. The van der Waals surface area contributed by atoms with Crippen LogP contribution < -0.4 is 14.8 Å². The summed E-state index contributed by atoms with van der Waals surface area (Å²) in [7, 11) is 0. The van der Waals surface area contributed by atoms with Crippen LogP contribution in [0.25, 0.3) is 22.2 Å². The van der Waals surface area contributed by atoms with Crippen LogP contribution >= 0.6 is 0 Å². The predicted octanol–water partition coefficient (Wildman–Crippen LogP) is 5.25. The Morgan fingerprint density at radius 1 is 1.03 bits per heavy atom. The molecule has 30 heavy (non-hydrogen) atoms. The van der Waals surface area contributed by atoms with Crippen LogP contribution in [0.5, 0.6) is 11.5 Å². The molecule has 1 aliphatic carbocycles. The first kappa shape index (κ1) is 18.7. The number of carbonyl (C=O) groups is 1. The summed E-state index contributed by atoms with van der Waals surface area (Å²) in [6, 6.07) is 15.4. The minimum atomic E-state index is -0.0630. The summed E-state index contributed by atoms with van der Waals surface area (Å²) in [5.41, 5.74) is 4.54. The van der Waals surface area contributed by atoms with E-state index in [-0.39, 0.29) is 12.7 Å². The summed E-state index contributed by atoms with van der Waals surface area (Å²) in [5.74, 6) is 1.37. The number of hydrogen-bond acceptors (Lipinski definition) is 4. The highest BCUT2D eigenvalue weighted by Gasteiger charge is 2.17. The van der Waals surface area contributed by atoms with E-state index in [9.17, 15) is 4.79 Å². The molecular formula is C25H24N2O3. The van der Waals surface area contributed by atoms with Gasteiger partial charge in [-0.05, 0) is 62.4 Å². The van der Waals surface area contributed by atoms with E-state index in [0.29, 0.717) is 17.9 Å². The number of nitrogens with one attached hydrogen (secondary N) is 1. The minimum Gasteiger partial charge on any atom is -0.454 e. The third-order valence-electron chi connectivity index (χ3n) is 5.75. The average Bonchev–Trinajstić information content (AvgIpc) is 3.27. The number of allylic oxidation sites excluding steroid dienone is 1. The monoisotopic (exact) mass is 400 g/mol. The Kier molecular flexibility index (Phi) is 5.10. The quantitative estimate of drug-likeness (QED) is 0.594. The zero-order valence-corrected chi connectivity index (χ0v) is 16.8. The van der Waals surface area contributed by atoms with Crippen molar-refractivity contribution in [3.63, 3.8) is 0 Å². The van der Waals surface area contributed by atoms with Gasteiger partial charge in [0.25, 0.3) is 5.91 Å². The highest BCUT2D eigenvalue weighted by molar-refractivity contribution is 6.07. The van der Waals surface area contributed by atoms with Gasteiger partial charge in [-0.1, -0.05) is 29.8 Å². The van der Waals surface area contributed by atoms with Crippen LogP contribution in [-0.4, -0.2) is 24.2 Å². The van der Waals surface area contributed by atoms with E-state index >= 15 is 0 Å². The first-order chi connectivity index (χ1) is 14.8. The van der Waals surface area contributed by atoms with Crippen molar-refractivity contribution in [1.29, 1.82) is 0 Å². The zero-order chi connectivity index (χ0) is 20.3. The van der Waals surface area contributed by atoms with Crippen molar-refractivity contribution in [2.45, 2.75) is 32.1 Å². The molecule has 0 atom stereocenters. The molecule has 1 N–H and O–H groups in total. The lowest BCUT2D eigenvalue weighted by Gasteiger charge is -2.14. The number of amides is 1. The van der Waals surface area contributed by atoms with Gasteiger partial charge in [0.05, 0.1) is 16.8 Å². The number of para-hydroxylation sites is 1. The number of nitrogens with zero attached hydrogens (tertiary/aromatic N) is 1. The van der Waals surface area contributed by atoms with E-state index < -0.39 is 0 Å². The van der Waals surface area contributed by atoms with E-state index in [4.69, 9.17) is 14.5 Å². The molecule has 0 saturated heterocycles. The van der Waals surface area contributed by atoms with E-state index in [1.54, 1.807) is 0 Å². The molecule has 2 heterocycles. The molecular weight excluding hydrogens is 376 g/mol. The van der Waals surface area contributed by atoms with Gasteiger partial charge in [0.15, 0.2) is 11.5 Å². The summed E-state index contributed by atoms with van der Waals surface area (Å²) in [5, 5.41) is 3.96. The van der Waals surface area contributed by atoms with Crippen molar-refractivity contribution in [3.8, 4) is 22.8 Å². The van der Waals surface area contributed by atoms with E-state index in [1.807, 2.05) is 48.5 Å². The lowest BCUT2D eigenvalue weighted by atomic mass is 9.97. The Bertz CT molecular complexity index is 1140. The third-order valence-corrected chi connectivity index (χ3v) is 5.75. The molecule has 5 nitrogen and oxygen atoms in total. The number of benzene rings is 2. The Hall–Kier alpha value is -3.34. The molecule has 0 fully saturated rings. The predicted molar refractivity (Wildman–Crippen MR) is 117 cm³/mol. The number of rotatable bonds is 5. The lowest BCUT2D eigenvalue weighted by Crippen LogP contribution is -2.25. The van der Waals surface area contributed by atoms with Gasteiger partial charge in [-0.2, -0.15) is 0 Å². The fraction of sp³-hybridized carbons (Fsp3) is 0.280. The summed E-state index contributed by atoms with van der Waals surface area (Å²) in [4.78, 5) is 17.9. The first-order valence-electron chi connectivity index (χ1n) is 10.5. The molecule has 1 aliphatic heterocycles. The maximum atomic E-state index is 13.1. The molecule has 0 radical (unpaired) electrons. The van der Waals surface area contributed by atoms with Crippen LogP contribution in [0.1, 0.15) is 42.5 Å². The Labute approximate surface area is 175 Å². The minimum absolute atomic E-state index is 0.0630. The average molecular weight is 400 g/mol. The maximum Gasteiger partial charge on any atom is 0.252 e. The van der Waals surface area contributed by atoms with Crippen molar-refractivity contribution >= 4 is 16.8 Å². The van der Waals surface area contributed by atoms with E-state index in [2.05, 4.69) is 11.4 Å². The largest absolute Gasteiger partial charge is 0.454 e. The van der Waals surface area contributed by atoms with Crippen LogP contribution in [0.15, 0.2) is 60.2 Å². The van der Waals surface area contributed by atoms with Gasteiger partial charge in [-0.25, -0.2) is 4.98 Å². The van der Waals surface area contributed by atoms with Crippen molar-refractivity contribution in [2.75, 3.05) is 13.3 Å². The van der Waals surface area contributed by atoms with Crippen molar-refractivity contribution in [2.24, 2.45) is 0 Å². The second kappa shape index (κ2) is 8.19. The van der Waals surface area contributed by atoms with Gasteiger partial charge < -0.3 is 14.8 Å². The number of aromatic nitrogens is 1. The Morgan fingerprint density at radius 2 is 1.93 bits per heavy atom. The molecule has 5 heteroatoms. The molecule has 3 aromatic rings. The number of pyridine rings is 1. The lowest BCUT2D eigenvalue weighted by molar-refractivity contribution is 0.0955. The first-order valence-corrected chi connectivity index (χ1v) is 10.5. The van der Waals surface area contributed by atoms with Crippen molar-refractivity contribution < 1.29 is 14.3 Å². The molecule has 5 rings (SSSR count). The molecule has 152 valence electrons. The van der Waals surface area contributed by atoms with E-state index in [1.165, 1.54) is 18.4 Å². The van der Waals surface area contributed by atoms with Gasteiger partial charge >= 0.3 is 0 Å². The number of ether oxygens (including phenoxy) is 2. The summed E-state index contributed by atoms with van der Waals surface area (Å²) < 4.78 is 10.9. The highest BCUT2D eigenvalue weighted by atomic mass is 16.7. The van der Waals surface area contributed by atoms with Crippen LogP contribution in [0, 0.1) is 0 Å². The third kappa shape index (κ3) is 3.75. The van der Waals surface area contributed by atoms with E-state index in [0.717, 1.165) is 47.2 Å². The Morgan fingerprint density at radius 3 is 2.83 bits per heavy atom. The second-order valence-electron chi connectivity index (χ2n) is 7.75. The van der Waals surface area contributed by atoms with Gasteiger partial charge in [-0.15, -0.1) is 0 Å². The van der Waals surface area contributed by atoms with Crippen LogP contribution in [0.4, 0.5) is 0 Å². The number of carbonyl (C=O) groups excluding carboxylic acids is 1. The summed E-state index contributed by atoms with van der Waals surface area (Å²) in [6.07, 6.45) is 8.10. The van der Waals surface area contributed by atoms with Crippen LogP contribution in [0.3, 0.4) is 0 Å². The molecule has 0 spiro atoms. The smallest absolute Gasteiger partial charge is 0.252 e. The van der Waals surface area contributed by atoms with Gasteiger partial charge in [0.2, 0.25) is 6.79 Å². The normalized spacial score (nSPS) is 15.1. The summed E-state index contributed by atoms with van der Waals surface area (Å²) in [6.45, 7) is 0.884.